The lowest BCUT2D eigenvalue weighted by molar-refractivity contribution is -0.135. The van der Waals surface area contributed by atoms with Crippen molar-refractivity contribution in [1.82, 2.24) is 19.4 Å². The number of imide groups is 1. The monoisotopic (exact) mass is 470 g/mol. The lowest BCUT2D eigenvalue weighted by Gasteiger charge is -2.32. The molecule has 1 N–H and O–H groups in total. The van der Waals surface area contributed by atoms with Crippen LogP contribution in [-0.4, -0.2) is 56.2 Å². The number of carbonyl (C=O) groups excluding carboxylic acids is 3. The number of benzene rings is 1. The van der Waals surface area contributed by atoms with Crippen molar-refractivity contribution in [3.8, 4) is 0 Å². The molecule has 1 aromatic heterocycles. The van der Waals surface area contributed by atoms with Crippen LogP contribution in [0.25, 0.3) is 11.0 Å². The van der Waals surface area contributed by atoms with Crippen LogP contribution in [0.1, 0.15) is 64.2 Å². The molecule has 2 unspecified atom stereocenters. The number of aryl methyl sites for hydroxylation is 1. The van der Waals surface area contributed by atoms with Crippen molar-refractivity contribution < 1.29 is 23.9 Å². The van der Waals surface area contributed by atoms with Gasteiger partial charge in [0, 0.05) is 26.6 Å². The molecule has 0 bridgehead atoms. The number of hydrogen-bond acceptors (Lipinski definition) is 6. The Morgan fingerprint density at radius 1 is 1.15 bits per heavy atom. The lowest BCUT2D eigenvalue weighted by Crippen LogP contribution is -2.44. The Hall–Kier alpha value is -3.14. The van der Waals surface area contributed by atoms with Gasteiger partial charge < -0.3 is 14.4 Å². The smallest absolute Gasteiger partial charge is 0.410 e. The first-order chi connectivity index (χ1) is 16.0. The van der Waals surface area contributed by atoms with Crippen LogP contribution in [0, 0.1) is 0 Å². The van der Waals surface area contributed by atoms with Crippen molar-refractivity contribution in [2.24, 2.45) is 7.05 Å². The number of imidazole rings is 1. The first kappa shape index (κ1) is 22.6. The number of epoxide rings is 1. The summed E-state index contributed by atoms with van der Waals surface area (Å²) in [4.78, 5) is 51.0. The van der Waals surface area contributed by atoms with Crippen LogP contribution < -0.4 is 11.0 Å². The van der Waals surface area contributed by atoms with Gasteiger partial charge in [0.15, 0.2) is 0 Å². The number of carbonyl (C=O) groups is 3. The van der Waals surface area contributed by atoms with E-state index in [0.717, 1.165) is 5.56 Å². The van der Waals surface area contributed by atoms with Gasteiger partial charge in [-0.3, -0.25) is 24.0 Å². The molecule has 1 aromatic carbocycles. The van der Waals surface area contributed by atoms with Crippen molar-refractivity contribution in [3.05, 3.63) is 34.2 Å². The van der Waals surface area contributed by atoms with Crippen molar-refractivity contribution >= 4 is 28.9 Å². The Kier molecular flexibility index (Phi) is 5.12. The molecule has 1 spiro atoms. The molecule has 2 atom stereocenters. The summed E-state index contributed by atoms with van der Waals surface area (Å²) >= 11 is 0. The summed E-state index contributed by atoms with van der Waals surface area (Å²) in [5.74, 6) is -0.762. The summed E-state index contributed by atoms with van der Waals surface area (Å²) in [6.45, 7) is 6.70. The topological polar surface area (TPSA) is 115 Å². The van der Waals surface area contributed by atoms with E-state index >= 15 is 0 Å². The molecule has 5 rings (SSSR count). The highest BCUT2D eigenvalue weighted by Gasteiger charge is 2.58. The van der Waals surface area contributed by atoms with E-state index in [1.165, 1.54) is 9.13 Å². The van der Waals surface area contributed by atoms with E-state index in [9.17, 15) is 19.2 Å². The molecule has 10 heteroatoms. The maximum Gasteiger partial charge on any atom is 0.410 e. The van der Waals surface area contributed by atoms with Gasteiger partial charge in [0.05, 0.1) is 11.0 Å². The van der Waals surface area contributed by atoms with Crippen LogP contribution in [0.15, 0.2) is 23.0 Å². The average Bonchev–Trinajstić information content (AvgIpc) is 3.40. The third-order valence-electron chi connectivity index (χ3n) is 6.97. The number of nitrogens with zero attached hydrogens (tertiary/aromatic N) is 3. The minimum absolute atomic E-state index is 0.105. The van der Waals surface area contributed by atoms with E-state index in [4.69, 9.17) is 9.47 Å². The Balaban J connectivity index is 1.34. The van der Waals surface area contributed by atoms with Gasteiger partial charge >= 0.3 is 11.8 Å². The fourth-order valence-electron chi connectivity index (χ4n) is 5.12. The highest BCUT2D eigenvalue weighted by atomic mass is 16.6. The number of fused-ring (bicyclic) bond motifs is 1. The summed E-state index contributed by atoms with van der Waals surface area (Å²) in [6, 6.07) is 5.02. The summed E-state index contributed by atoms with van der Waals surface area (Å²) in [5, 5.41) is 2.33. The molecule has 3 aliphatic heterocycles. The van der Waals surface area contributed by atoms with Crippen molar-refractivity contribution in [2.45, 2.75) is 69.8 Å². The normalized spacial score (nSPS) is 24.4. The van der Waals surface area contributed by atoms with Gasteiger partial charge in [-0.05, 0) is 57.7 Å². The standard InChI is InChI=1S/C24H30N4O6/c1-23(2,3)34-22(32)27-11-9-24(10-12-27)19(33-24)14-5-6-15-17(13-14)26(4)21(31)28(15)16-7-8-18(29)25-20(16)30/h5-6,13,16,19H,7-12H2,1-4H3,(H,25,29,30). The Bertz CT molecular complexity index is 1240. The number of rotatable bonds is 2. The molecule has 4 heterocycles. The third-order valence-corrected chi connectivity index (χ3v) is 6.97. The van der Waals surface area contributed by atoms with Gasteiger partial charge in [-0.25, -0.2) is 9.59 Å². The molecule has 0 aliphatic carbocycles. The quantitative estimate of drug-likeness (QED) is 0.531. The molecule has 3 amide bonds. The molecule has 0 saturated carbocycles. The minimum Gasteiger partial charge on any atom is -0.444 e. The molecule has 10 nitrogen and oxygen atoms in total. The third kappa shape index (κ3) is 3.79. The Morgan fingerprint density at radius 3 is 2.50 bits per heavy atom. The summed E-state index contributed by atoms with van der Waals surface area (Å²) in [5.41, 5.74) is 1.20. The number of ether oxygens (including phenoxy) is 2. The summed E-state index contributed by atoms with van der Waals surface area (Å²) in [6.07, 6.45) is 1.53. The van der Waals surface area contributed by atoms with Crippen molar-refractivity contribution in [3.63, 3.8) is 0 Å². The van der Waals surface area contributed by atoms with Crippen molar-refractivity contribution in [2.75, 3.05) is 13.1 Å². The number of aromatic nitrogens is 2. The van der Waals surface area contributed by atoms with E-state index in [1.807, 2.05) is 39.0 Å². The van der Waals surface area contributed by atoms with Gasteiger partial charge in [0.2, 0.25) is 11.8 Å². The van der Waals surface area contributed by atoms with Gasteiger partial charge in [-0.15, -0.1) is 0 Å². The number of amides is 3. The van der Waals surface area contributed by atoms with E-state index in [2.05, 4.69) is 5.32 Å². The zero-order chi connectivity index (χ0) is 24.4. The van der Waals surface area contributed by atoms with Gasteiger partial charge in [-0.1, -0.05) is 6.07 Å². The van der Waals surface area contributed by atoms with E-state index in [1.54, 1.807) is 11.9 Å². The number of likely N-dealkylation sites (tertiary alicyclic amines) is 1. The van der Waals surface area contributed by atoms with Crippen LogP contribution in [-0.2, 0) is 26.1 Å². The lowest BCUT2D eigenvalue weighted by atomic mass is 9.90. The second-order valence-corrected chi connectivity index (χ2v) is 10.5. The molecule has 2 aromatic rings. The Morgan fingerprint density at radius 2 is 1.85 bits per heavy atom. The largest absolute Gasteiger partial charge is 0.444 e. The zero-order valence-electron chi connectivity index (χ0n) is 19.9. The highest BCUT2D eigenvalue weighted by Crippen LogP contribution is 2.56. The van der Waals surface area contributed by atoms with Crippen LogP contribution in [0.4, 0.5) is 4.79 Å². The molecule has 182 valence electrons. The first-order valence-corrected chi connectivity index (χ1v) is 11.7. The second-order valence-electron chi connectivity index (χ2n) is 10.5. The Labute approximate surface area is 196 Å². The average molecular weight is 471 g/mol. The van der Waals surface area contributed by atoms with E-state index in [0.29, 0.717) is 43.4 Å². The molecule has 3 fully saturated rings. The maximum absolute atomic E-state index is 13.0. The number of piperidine rings is 2. The SMILES string of the molecule is Cn1c(=O)n(C2CCC(=O)NC2=O)c2ccc(C3OC34CCN(C(=O)OC(C)(C)C)CC4)cc21. The maximum atomic E-state index is 13.0. The molecule has 0 radical (unpaired) electrons. The van der Waals surface area contributed by atoms with Crippen molar-refractivity contribution in [1.29, 1.82) is 0 Å². The predicted molar refractivity (Wildman–Crippen MR) is 122 cm³/mol. The van der Waals surface area contributed by atoms with Crippen LogP contribution in [0.3, 0.4) is 0 Å². The molecule has 3 saturated heterocycles. The molecular weight excluding hydrogens is 440 g/mol. The summed E-state index contributed by atoms with van der Waals surface area (Å²) in [7, 11) is 1.68. The number of hydrogen-bond donors (Lipinski definition) is 1. The van der Waals surface area contributed by atoms with Gasteiger partial charge in [-0.2, -0.15) is 0 Å². The van der Waals surface area contributed by atoms with Crippen LogP contribution >= 0.6 is 0 Å². The van der Waals surface area contributed by atoms with Gasteiger partial charge in [0.1, 0.15) is 23.3 Å². The minimum atomic E-state index is -0.708. The fourth-order valence-corrected chi connectivity index (χ4v) is 5.12. The number of nitrogens with one attached hydrogen (secondary N) is 1. The van der Waals surface area contributed by atoms with Gasteiger partial charge in [0.25, 0.3) is 0 Å². The highest BCUT2D eigenvalue weighted by molar-refractivity contribution is 6.00. The molecule has 3 aliphatic rings. The predicted octanol–water partition coefficient (Wildman–Crippen LogP) is 2.16. The van der Waals surface area contributed by atoms with Crippen LogP contribution in [0.5, 0.6) is 0 Å². The molecular formula is C24H30N4O6. The molecule has 34 heavy (non-hydrogen) atoms. The zero-order valence-corrected chi connectivity index (χ0v) is 19.9. The van der Waals surface area contributed by atoms with E-state index < -0.39 is 17.6 Å². The summed E-state index contributed by atoms with van der Waals surface area (Å²) < 4.78 is 14.6. The second kappa shape index (κ2) is 7.69. The fraction of sp³-hybridized carbons (Fsp3) is 0.583. The van der Waals surface area contributed by atoms with E-state index in [-0.39, 0.29) is 35.8 Å². The van der Waals surface area contributed by atoms with Crippen LogP contribution in [0.2, 0.25) is 0 Å². The first-order valence-electron chi connectivity index (χ1n) is 11.7.